The van der Waals surface area contributed by atoms with Crippen LogP contribution in [0.2, 0.25) is 0 Å². The zero-order valence-electron chi connectivity index (χ0n) is 7.85. The fourth-order valence-corrected chi connectivity index (χ4v) is 1.12. The Morgan fingerprint density at radius 1 is 1.47 bits per heavy atom. The van der Waals surface area contributed by atoms with Gasteiger partial charge in [-0.25, -0.2) is 0 Å². The van der Waals surface area contributed by atoms with E-state index >= 15 is 0 Å². The Hall–Kier alpha value is -0.120. The Labute approximate surface area is 132 Å². The molecule has 0 bridgehead atoms. The number of rotatable bonds is 3. The van der Waals surface area contributed by atoms with Gasteiger partial charge in [0.15, 0.2) is 6.61 Å². The van der Waals surface area contributed by atoms with Crippen LogP contribution >= 0.6 is 15.9 Å². The van der Waals surface area contributed by atoms with Gasteiger partial charge >= 0.3 is 12.0 Å². The average Bonchev–Trinajstić information content (AvgIpc) is 2.14. The monoisotopic (exact) mass is 340 g/mol. The van der Waals surface area contributed by atoms with Crippen molar-refractivity contribution in [3.8, 4) is 5.75 Å². The summed E-state index contributed by atoms with van der Waals surface area (Å²) < 4.78 is 39.9. The van der Waals surface area contributed by atoms with Crippen LogP contribution in [0.25, 0.3) is 0 Å². The van der Waals surface area contributed by atoms with E-state index in [-0.39, 0.29) is 42.3 Å². The van der Waals surface area contributed by atoms with Crippen molar-refractivity contribution < 1.29 is 60.6 Å². The molecule has 1 heterocycles. The molecule has 5 nitrogen and oxygen atoms in total. The van der Waals surface area contributed by atoms with Gasteiger partial charge in [-0.15, -0.1) is 0 Å². The van der Waals surface area contributed by atoms with Crippen molar-refractivity contribution in [2.24, 2.45) is 0 Å². The number of halogens is 4. The van der Waals surface area contributed by atoms with E-state index in [0.717, 1.165) is 6.07 Å². The second-order valence-electron chi connectivity index (χ2n) is 2.62. The van der Waals surface area contributed by atoms with Gasteiger partial charge in [-0.2, -0.15) is 13.2 Å². The maximum absolute atomic E-state index is 11.8. The van der Waals surface area contributed by atoms with E-state index in [4.69, 9.17) is 0 Å². The molecule has 0 unspecified atom stereocenters. The molecule has 0 aromatic carbocycles. The van der Waals surface area contributed by atoms with Crippen LogP contribution in [0.5, 0.6) is 5.75 Å². The zero-order valence-corrected chi connectivity index (χ0v) is 10.1. The van der Waals surface area contributed by atoms with Crippen LogP contribution in [0.3, 0.4) is 0 Å². The zero-order chi connectivity index (χ0) is 12.3. The van der Waals surface area contributed by atoms with Crippen molar-refractivity contribution in [3.05, 3.63) is 26.9 Å². The molecule has 1 rings (SSSR count). The summed E-state index contributed by atoms with van der Waals surface area (Å²) in [5, 5.41) is 10.5. The molecule has 17 heavy (non-hydrogen) atoms. The Kier molecular flexibility index (Phi) is 6.67. The number of alkyl halides is 3. The summed E-state index contributed by atoms with van der Waals surface area (Å²) in [6.45, 7) is -1.60. The van der Waals surface area contributed by atoms with Gasteiger partial charge in [0, 0.05) is 59.7 Å². The van der Waals surface area contributed by atoms with Crippen LogP contribution in [-0.2, 0) is 0 Å². The number of hydrogen-bond donors (Lipinski definition) is 0. The van der Waals surface area contributed by atoms with Gasteiger partial charge in [-0.3, -0.25) is 0 Å². The molecule has 1 aromatic heterocycles. The van der Waals surface area contributed by atoms with Crippen LogP contribution in [-0.4, -0.2) is 22.7 Å². The van der Waals surface area contributed by atoms with Crippen molar-refractivity contribution in [2.45, 2.75) is 6.18 Å². The fourth-order valence-electron chi connectivity index (χ4n) is 0.816. The molecule has 0 spiro atoms. The van der Waals surface area contributed by atoms with Gasteiger partial charge < -0.3 is 14.9 Å². The molecule has 0 aliphatic carbocycles. The van der Waals surface area contributed by atoms with Crippen molar-refractivity contribution in [1.29, 1.82) is 0 Å². The minimum Gasteiger partial charge on any atom is -0.476 e. The summed E-state index contributed by atoms with van der Waals surface area (Å²) in [5.74, 6) is -1.29. The maximum Gasteiger partial charge on any atom is 0.422 e. The number of pyridine rings is 1. The van der Waals surface area contributed by atoms with Crippen LogP contribution in [0.1, 0.15) is 0 Å². The largest absolute Gasteiger partial charge is 0.476 e. The smallest absolute Gasteiger partial charge is 0.422 e. The summed E-state index contributed by atoms with van der Waals surface area (Å²) in [6.07, 6.45) is -4.55. The Balaban J connectivity index is 0.00000256. The first-order chi connectivity index (χ1) is 7.29. The molecule has 10 heteroatoms. The number of hydrogen-bond acceptors (Lipinski definition) is 4. The van der Waals surface area contributed by atoms with E-state index in [0.29, 0.717) is 0 Å². The first kappa shape index (κ1) is 16.9. The van der Waals surface area contributed by atoms with Crippen LogP contribution < -0.4 is 4.74 Å². The van der Waals surface area contributed by atoms with Gasteiger partial charge in [-0.05, 0) is 16.0 Å². The van der Waals surface area contributed by atoms with E-state index in [9.17, 15) is 23.3 Å². The number of nitrogens with zero attached hydrogens (tertiary/aromatic N) is 2. The van der Waals surface area contributed by atoms with Gasteiger partial charge in [-0.1, -0.05) is 0 Å². The molecule has 0 aliphatic rings. The minimum absolute atomic E-state index is 0. The van der Waals surface area contributed by atoms with Crippen LogP contribution in [0, 0.1) is 47.9 Å². The van der Waals surface area contributed by atoms with Crippen LogP contribution in [0.15, 0.2) is 16.7 Å². The Morgan fingerprint density at radius 3 is 2.53 bits per heavy atom. The summed E-state index contributed by atoms with van der Waals surface area (Å²) in [5.41, 5.74) is 0. The van der Waals surface area contributed by atoms with E-state index < -0.39 is 29.3 Å². The molecule has 0 N–H and O–H groups in total. The second-order valence-corrected chi connectivity index (χ2v) is 3.43. The predicted molar refractivity (Wildman–Crippen MR) is 50.1 cm³/mol. The molecule has 1 aromatic rings. The molecular formula is C7H4ArBrF3N2O3. The summed E-state index contributed by atoms with van der Waals surface area (Å²) in [7, 11) is 0. The first-order valence-corrected chi connectivity index (χ1v) is 4.59. The number of ether oxygens (including phenoxy) is 1. The summed E-state index contributed by atoms with van der Waals surface area (Å²) >= 11 is 2.86. The molecule has 0 radical (unpaired) electrons. The molecule has 0 aliphatic heterocycles. The molecule has 0 saturated carbocycles. The van der Waals surface area contributed by atoms with Crippen molar-refractivity contribution in [3.63, 3.8) is 0 Å². The SMILES string of the molecule is O=[N+]([O-])c1nc(Br)ccc1OCC(F)(F)F.[Ar]. The Morgan fingerprint density at radius 2 is 2.06 bits per heavy atom. The Bertz CT molecular complexity index is 416. The normalized spacial score (nSPS) is 10.6. The number of nitro groups is 1. The van der Waals surface area contributed by atoms with Gasteiger partial charge in [0.05, 0.1) is 0 Å². The standard InChI is InChI=1S/C7H4BrF3N2O3.Ar/c8-5-2-1-4(6(12-5)13(14)15)16-3-7(9,10)11;/h1-2H,3H2;. The summed E-state index contributed by atoms with van der Waals surface area (Å²) in [4.78, 5) is 12.9. The maximum atomic E-state index is 11.8. The quantitative estimate of drug-likeness (QED) is 0.482. The summed E-state index contributed by atoms with van der Waals surface area (Å²) in [6, 6.07) is 2.29. The molecule has 96 valence electrons. The second kappa shape index (κ2) is 6.72. The van der Waals surface area contributed by atoms with Crippen molar-refractivity contribution in [2.75, 3.05) is 6.61 Å². The topological polar surface area (TPSA) is 65.3 Å². The molecular weight excluding hydrogens is 337 g/mol. The third-order valence-corrected chi connectivity index (χ3v) is 1.81. The minimum atomic E-state index is -4.55. The molecule has 0 atom stereocenters. The van der Waals surface area contributed by atoms with Crippen molar-refractivity contribution in [1.82, 2.24) is 4.98 Å². The molecule has 0 fully saturated rings. The van der Waals surface area contributed by atoms with E-state index in [2.05, 4.69) is 25.7 Å². The van der Waals surface area contributed by atoms with Crippen molar-refractivity contribution >= 4 is 21.7 Å². The average molecular weight is 341 g/mol. The third kappa shape index (κ3) is 5.84. The number of aromatic nitrogens is 1. The molecule has 0 saturated heterocycles. The third-order valence-electron chi connectivity index (χ3n) is 1.37. The van der Waals surface area contributed by atoms with Crippen LogP contribution in [0.4, 0.5) is 19.0 Å². The predicted octanol–water partition coefficient (Wildman–Crippen LogP) is 2.69. The van der Waals surface area contributed by atoms with Gasteiger partial charge in [0.1, 0.15) is 0 Å². The molecule has 0 amide bonds. The first-order valence-electron chi connectivity index (χ1n) is 3.80. The fraction of sp³-hybridized carbons (Fsp3) is 0.286. The van der Waals surface area contributed by atoms with E-state index in [1.807, 2.05) is 0 Å². The van der Waals surface area contributed by atoms with E-state index in [1.54, 1.807) is 0 Å². The van der Waals surface area contributed by atoms with Gasteiger partial charge in [0.2, 0.25) is 10.4 Å². The van der Waals surface area contributed by atoms with E-state index in [1.165, 1.54) is 6.07 Å². The van der Waals surface area contributed by atoms with Gasteiger partial charge in [0.25, 0.3) is 0 Å².